The van der Waals surface area contributed by atoms with Crippen molar-refractivity contribution in [2.45, 2.75) is 80.3 Å². The second-order valence-corrected chi connectivity index (χ2v) is 17.4. The van der Waals surface area contributed by atoms with Crippen molar-refractivity contribution in [3.63, 3.8) is 0 Å². The average Bonchev–Trinajstić information content (AvgIpc) is 4.20. The molecule has 0 bridgehead atoms. The molecule has 2 saturated heterocycles. The molecule has 2 aromatic carbocycles. The first-order valence-electron chi connectivity index (χ1n) is 19.9. The summed E-state index contributed by atoms with van der Waals surface area (Å²) >= 11 is 0. The number of amides is 2. The van der Waals surface area contributed by atoms with Crippen molar-refractivity contribution in [2.24, 2.45) is 5.41 Å². The molecule has 11 rings (SSSR count). The van der Waals surface area contributed by atoms with Gasteiger partial charge in [0.1, 0.15) is 11.5 Å². The molecule has 7 aliphatic rings. The number of fused-ring (bicyclic) bond motifs is 4. The average molecular weight is 769 g/mol. The number of aromatic nitrogens is 2. The van der Waals surface area contributed by atoms with Crippen molar-refractivity contribution in [3.05, 3.63) is 119 Å². The highest BCUT2D eigenvalue weighted by molar-refractivity contribution is 5.96. The van der Waals surface area contributed by atoms with Gasteiger partial charge in [-0.15, -0.1) is 0 Å². The van der Waals surface area contributed by atoms with E-state index in [1.807, 2.05) is 58.3 Å². The number of carbonyl (C=O) groups excluding carboxylic acids is 4. The number of carbonyl (C=O) groups is 4. The monoisotopic (exact) mass is 768 g/mol. The normalized spacial score (nSPS) is 25.9. The first-order chi connectivity index (χ1) is 27.5. The van der Waals surface area contributed by atoms with E-state index >= 15 is 0 Å². The third-order valence-corrected chi connectivity index (χ3v) is 13.5. The summed E-state index contributed by atoms with van der Waals surface area (Å²) in [6.45, 7) is 4.95. The van der Waals surface area contributed by atoms with Crippen LogP contribution in [-0.2, 0) is 41.1 Å². The first-order valence-corrected chi connectivity index (χ1v) is 19.9. The molecule has 6 heterocycles. The van der Waals surface area contributed by atoms with Crippen LogP contribution >= 0.6 is 0 Å². The zero-order chi connectivity index (χ0) is 39.2. The van der Waals surface area contributed by atoms with Crippen molar-refractivity contribution in [1.29, 1.82) is 0 Å². The van der Waals surface area contributed by atoms with Crippen molar-refractivity contribution in [3.8, 4) is 11.5 Å². The molecule has 2 aromatic heterocycles. The van der Waals surface area contributed by atoms with Crippen molar-refractivity contribution in [1.82, 2.24) is 19.8 Å². The first kappa shape index (κ1) is 35.6. The number of aromatic hydroxyl groups is 1. The number of hydrogen-bond acceptors (Lipinski definition) is 10. The Morgan fingerprint density at radius 2 is 1.12 bits per heavy atom. The molecule has 3 saturated carbocycles. The summed E-state index contributed by atoms with van der Waals surface area (Å²) in [6.07, 6.45) is 13.5. The lowest BCUT2D eigenvalue weighted by Gasteiger charge is -2.27. The van der Waals surface area contributed by atoms with E-state index in [4.69, 9.17) is 14.2 Å². The number of benzene rings is 2. The Kier molecular flexibility index (Phi) is 7.88. The van der Waals surface area contributed by atoms with Gasteiger partial charge in [-0.05, 0) is 86.1 Å². The number of rotatable bonds is 7. The Balaban J connectivity index is 0.000000141. The molecule has 5 fully saturated rings. The fourth-order valence-electron chi connectivity index (χ4n) is 9.37. The quantitative estimate of drug-likeness (QED) is 0.232. The van der Waals surface area contributed by atoms with Crippen molar-refractivity contribution in [2.75, 3.05) is 32.8 Å². The van der Waals surface area contributed by atoms with Crippen LogP contribution in [0.1, 0.15) is 101 Å². The van der Waals surface area contributed by atoms with E-state index in [0.29, 0.717) is 55.6 Å². The summed E-state index contributed by atoms with van der Waals surface area (Å²) in [5.41, 5.74) is 2.64. The maximum absolute atomic E-state index is 13.6. The number of hydrogen-bond donors (Lipinski definition) is 1. The van der Waals surface area contributed by atoms with Crippen LogP contribution in [0.4, 0.5) is 0 Å². The zero-order valence-corrected chi connectivity index (χ0v) is 31.9. The second-order valence-electron chi connectivity index (χ2n) is 17.4. The molecule has 2 spiro atoms. The Hall–Kier alpha value is -5.78. The number of pyridine rings is 2. The number of likely N-dealkylation sites (tertiary alicyclic amines) is 2. The van der Waals surface area contributed by atoms with Gasteiger partial charge in [-0.3, -0.25) is 19.6 Å². The minimum absolute atomic E-state index is 0.0821. The largest absolute Gasteiger partial charge is 0.508 e. The van der Waals surface area contributed by atoms with Gasteiger partial charge in [0, 0.05) is 67.3 Å². The molecule has 12 heteroatoms. The van der Waals surface area contributed by atoms with Gasteiger partial charge in [-0.25, -0.2) is 9.59 Å². The van der Waals surface area contributed by atoms with E-state index in [1.165, 1.54) is 19.0 Å². The molecule has 0 radical (unpaired) electrons. The highest BCUT2D eigenvalue weighted by Crippen LogP contribution is 2.54. The summed E-state index contributed by atoms with van der Waals surface area (Å²) in [6, 6.07) is 18.6. The maximum Gasteiger partial charge on any atom is 0.341 e. The van der Waals surface area contributed by atoms with E-state index in [0.717, 1.165) is 60.3 Å². The third-order valence-electron chi connectivity index (χ3n) is 13.5. The van der Waals surface area contributed by atoms with Crippen molar-refractivity contribution >= 4 is 23.8 Å². The number of nitrogens with zero attached hydrogens (tertiary/aromatic N) is 4. The lowest BCUT2D eigenvalue weighted by Crippen LogP contribution is -2.40. The molecule has 292 valence electrons. The van der Waals surface area contributed by atoms with Crippen LogP contribution in [0, 0.1) is 5.41 Å². The SMILES string of the molecule is CC1(COc2ccc(C3(C(=O)N4CCC5(C4)OC(=O)c4cnccc45)CC3)cc2)CC1.O=C1OC2(CCN(C(=O)C3(c4ccc(O)cc4)CC3)C2)c2ccncc21. The molecule has 4 aromatic rings. The fourth-order valence-corrected chi connectivity index (χ4v) is 9.37. The molecular weight excluding hydrogens is 725 g/mol. The fraction of sp³-hybridized carbons (Fsp3) is 0.422. The van der Waals surface area contributed by atoms with Gasteiger partial charge >= 0.3 is 11.9 Å². The lowest BCUT2D eigenvalue weighted by atomic mass is 9.92. The van der Waals surface area contributed by atoms with Gasteiger partial charge < -0.3 is 29.1 Å². The Labute approximate surface area is 330 Å². The highest BCUT2D eigenvalue weighted by Gasteiger charge is 2.59. The number of phenols is 1. The molecule has 1 N–H and O–H groups in total. The van der Waals surface area contributed by atoms with Gasteiger partial charge in [0.25, 0.3) is 0 Å². The van der Waals surface area contributed by atoms with Crippen molar-refractivity contribution < 1.29 is 38.5 Å². The smallest absolute Gasteiger partial charge is 0.341 e. The maximum atomic E-state index is 13.6. The van der Waals surface area contributed by atoms with Crippen LogP contribution in [0.25, 0.3) is 0 Å². The standard InChI is InChI=1S/C25H26N2O4.C20H18N2O4/c1-23(7-8-23)16-30-18-4-2-17(3-5-18)24(9-10-24)22(29)27-13-11-25(15-27)20-6-12-26-14-19(20)21(28)31-25;23-14-3-1-13(2-4-14)19(6-7-19)18(25)22-10-8-20(12-22)16-5-9-21-11-15(16)17(24)26-20/h2-6,12,14H,7-11,13,15-16H2,1H3;1-5,9,11,23H,6-8,10,12H2. The minimum Gasteiger partial charge on any atom is -0.508 e. The lowest BCUT2D eigenvalue weighted by molar-refractivity contribution is -0.134. The van der Waals surface area contributed by atoms with Crippen LogP contribution in [0.3, 0.4) is 0 Å². The summed E-state index contributed by atoms with van der Waals surface area (Å²) in [7, 11) is 0. The van der Waals surface area contributed by atoms with E-state index in [2.05, 4.69) is 16.9 Å². The summed E-state index contributed by atoms with van der Waals surface area (Å²) in [5, 5.41) is 9.50. The van der Waals surface area contributed by atoms with E-state index in [-0.39, 0.29) is 29.5 Å². The highest BCUT2D eigenvalue weighted by atomic mass is 16.6. The van der Waals surface area contributed by atoms with Crippen LogP contribution in [-0.4, -0.2) is 81.4 Å². The Morgan fingerprint density at radius 1 is 0.667 bits per heavy atom. The van der Waals surface area contributed by atoms with E-state index in [1.54, 1.807) is 30.7 Å². The van der Waals surface area contributed by atoms with E-state index in [9.17, 15) is 24.3 Å². The topological polar surface area (TPSA) is 148 Å². The predicted octanol–water partition coefficient (Wildman–Crippen LogP) is 5.71. The van der Waals surface area contributed by atoms with Gasteiger partial charge in [0.05, 0.1) is 41.7 Å². The minimum atomic E-state index is -0.740. The molecule has 2 atom stereocenters. The second kappa shape index (κ2) is 12.6. The molecular formula is C45H44N4O8. The molecule has 4 aliphatic heterocycles. The molecule has 2 amide bonds. The molecule has 57 heavy (non-hydrogen) atoms. The van der Waals surface area contributed by atoms with Crippen LogP contribution in [0.15, 0.2) is 85.5 Å². The van der Waals surface area contributed by atoms with Gasteiger partial charge in [-0.1, -0.05) is 31.2 Å². The zero-order valence-electron chi connectivity index (χ0n) is 31.9. The van der Waals surface area contributed by atoms with Crippen LogP contribution < -0.4 is 4.74 Å². The summed E-state index contributed by atoms with van der Waals surface area (Å²) in [5.74, 6) is 0.584. The van der Waals surface area contributed by atoms with Crippen LogP contribution in [0.5, 0.6) is 11.5 Å². The van der Waals surface area contributed by atoms with Crippen LogP contribution in [0.2, 0.25) is 0 Å². The molecule has 3 aliphatic carbocycles. The Bertz CT molecular complexity index is 2320. The molecule has 12 nitrogen and oxygen atoms in total. The van der Waals surface area contributed by atoms with Gasteiger partial charge in [-0.2, -0.15) is 0 Å². The van der Waals surface area contributed by atoms with E-state index < -0.39 is 22.0 Å². The van der Waals surface area contributed by atoms with Gasteiger partial charge in [0.15, 0.2) is 11.2 Å². The summed E-state index contributed by atoms with van der Waals surface area (Å²) < 4.78 is 17.4. The third kappa shape index (κ3) is 5.86. The number of phenolic OH excluding ortho intramolecular Hbond substituents is 1. The predicted molar refractivity (Wildman–Crippen MR) is 204 cm³/mol. The number of ether oxygens (including phenoxy) is 3. The summed E-state index contributed by atoms with van der Waals surface area (Å²) in [4.78, 5) is 63.1. The Morgan fingerprint density at radius 3 is 1.56 bits per heavy atom. The van der Waals surface area contributed by atoms with Gasteiger partial charge in [0.2, 0.25) is 11.8 Å². The number of esters is 2. The molecule has 2 unspecified atom stereocenters.